The molecule has 1 amide bonds. The van der Waals surface area contributed by atoms with Crippen LogP contribution in [0, 0.1) is 5.82 Å². The lowest BCUT2D eigenvalue weighted by Crippen LogP contribution is -2.28. The first-order valence-corrected chi connectivity index (χ1v) is 12.1. The van der Waals surface area contributed by atoms with Gasteiger partial charge < -0.3 is 19.5 Å². The summed E-state index contributed by atoms with van der Waals surface area (Å²) < 4.78 is 21.1. The standard InChI is InChI=1S/C24H26ClFN2O2.CH4O.CH2O/c1-14(30-17-10-21(25)23(27-13-17)16-6-7-16)18-12-22(26)20(11-19(18)15-4-5-15)24(29)28-8-2-3-9-28;2*1-2/h10-16H,2-9H2,1H3;2H,1H3;1H2. The molecular formula is C26H32ClFN2O4. The van der Waals surface area contributed by atoms with E-state index in [1.165, 1.54) is 6.07 Å². The van der Waals surface area contributed by atoms with Gasteiger partial charge in [-0.3, -0.25) is 9.78 Å². The van der Waals surface area contributed by atoms with Crippen LogP contribution in [0.1, 0.15) is 90.6 Å². The van der Waals surface area contributed by atoms with Crippen molar-refractivity contribution < 1.29 is 23.8 Å². The van der Waals surface area contributed by atoms with Crippen molar-refractivity contribution >= 4 is 24.3 Å². The van der Waals surface area contributed by atoms with E-state index in [-0.39, 0.29) is 17.6 Å². The molecule has 1 unspecified atom stereocenters. The fourth-order valence-electron chi connectivity index (χ4n) is 4.38. The highest BCUT2D eigenvalue weighted by atomic mass is 35.5. The SMILES string of the molecule is C=O.CC(Oc1cnc(C2CC2)c(Cl)c1)c1cc(F)c(C(=O)N2CCCC2)cc1C1CC1.CO. The number of rotatable bonds is 6. The van der Waals surface area contributed by atoms with Gasteiger partial charge in [-0.05, 0) is 74.6 Å². The van der Waals surface area contributed by atoms with E-state index in [4.69, 9.17) is 26.2 Å². The van der Waals surface area contributed by atoms with Gasteiger partial charge in [0.25, 0.3) is 5.91 Å². The maximum atomic E-state index is 15.0. The fraction of sp³-hybridized carbons (Fsp3) is 0.500. The molecule has 0 spiro atoms. The smallest absolute Gasteiger partial charge is 0.256 e. The Morgan fingerprint density at radius 1 is 1.15 bits per heavy atom. The van der Waals surface area contributed by atoms with Gasteiger partial charge in [0.1, 0.15) is 24.5 Å². The van der Waals surface area contributed by atoms with E-state index in [1.54, 1.807) is 23.2 Å². The number of aliphatic hydroxyl groups excluding tert-OH is 1. The number of ether oxygens (including phenoxy) is 1. The van der Waals surface area contributed by atoms with Crippen LogP contribution in [0.5, 0.6) is 5.75 Å². The Kier molecular flexibility index (Phi) is 9.03. The Balaban J connectivity index is 0.000000771. The Morgan fingerprint density at radius 3 is 2.32 bits per heavy atom. The van der Waals surface area contributed by atoms with Crippen LogP contribution in [0.4, 0.5) is 4.39 Å². The summed E-state index contributed by atoms with van der Waals surface area (Å²) in [5.41, 5.74) is 2.95. The average molecular weight is 491 g/mol. The molecule has 2 heterocycles. The molecule has 184 valence electrons. The predicted molar refractivity (Wildman–Crippen MR) is 129 cm³/mol. The maximum absolute atomic E-state index is 15.0. The summed E-state index contributed by atoms with van der Waals surface area (Å²) >= 11 is 6.38. The molecule has 34 heavy (non-hydrogen) atoms. The van der Waals surface area contributed by atoms with Gasteiger partial charge >= 0.3 is 0 Å². The van der Waals surface area contributed by atoms with Crippen molar-refractivity contribution in [1.82, 2.24) is 9.88 Å². The average Bonchev–Trinajstić information content (AvgIpc) is 3.80. The number of benzene rings is 1. The Morgan fingerprint density at radius 2 is 1.76 bits per heavy atom. The van der Waals surface area contributed by atoms with Crippen LogP contribution in [0.25, 0.3) is 0 Å². The van der Waals surface area contributed by atoms with Gasteiger partial charge in [-0.25, -0.2) is 4.39 Å². The summed E-state index contributed by atoms with van der Waals surface area (Å²) in [5, 5.41) is 7.63. The second-order valence-corrected chi connectivity index (χ2v) is 9.21. The number of carbonyl (C=O) groups is 2. The highest BCUT2D eigenvalue weighted by Crippen LogP contribution is 2.45. The van der Waals surface area contributed by atoms with Gasteiger partial charge in [0.2, 0.25) is 0 Å². The lowest BCUT2D eigenvalue weighted by atomic mass is 9.95. The van der Waals surface area contributed by atoms with Gasteiger partial charge in [0.05, 0.1) is 22.5 Å². The van der Waals surface area contributed by atoms with Crippen LogP contribution in [0.15, 0.2) is 24.4 Å². The molecule has 0 bridgehead atoms. The van der Waals surface area contributed by atoms with Gasteiger partial charge in [0, 0.05) is 32.2 Å². The molecule has 1 N–H and O–H groups in total. The van der Waals surface area contributed by atoms with Gasteiger partial charge in [-0.2, -0.15) is 0 Å². The Bertz CT molecular complexity index is 1000. The first-order chi connectivity index (χ1) is 16.5. The molecule has 8 heteroatoms. The third kappa shape index (κ3) is 5.94. The summed E-state index contributed by atoms with van der Waals surface area (Å²) in [5.74, 6) is 0.757. The van der Waals surface area contributed by atoms with E-state index in [2.05, 4.69) is 4.98 Å². The molecule has 1 aromatic carbocycles. The fourth-order valence-corrected chi connectivity index (χ4v) is 4.69. The monoisotopic (exact) mass is 490 g/mol. The van der Waals surface area contributed by atoms with E-state index in [9.17, 15) is 9.18 Å². The minimum atomic E-state index is -0.470. The van der Waals surface area contributed by atoms with Gasteiger partial charge in [0.15, 0.2) is 0 Å². The molecule has 3 fully saturated rings. The molecular weight excluding hydrogens is 459 g/mol. The summed E-state index contributed by atoms with van der Waals surface area (Å²) in [4.78, 5) is 27.0. The minimum absolute atomic E-state index is 0.188. The van der Waals surface area contributed by atoms with Crippen LogP contribution in [0.2, 0.25) is 5.02 Å². The molecule has 3 aliphatic rings. The van der Waals surface area contributed by atoms with E-state index >= 15 is 0 Å². The van der Waals surface area contributed by atoms with Crippen molar-refractivity contribution in [3.05, 3.63) is 57.6 Å². The number of amides is 1. The van der Waals surface area contributed by atoms with Crippen molar-refractivity contribution in [3.63, 3.8) is 0 Å². The zero-order chi connectivity index (χ0) is 24.8. The zero-order valence-corrected chi connectivity index (χ0v) is 20.5. The molecule has 2 aromatic rings. The molecule has 1 aliphatic heterocycles. The van der Waals surface area contributed by atoms with Crippen molar-refractivity contribution in [3.8, 4) is 5.75 Å². The number of halogens is 2. The number of pyridine rings is 1. The van der Waals surface area contributed by atoms with Crippen molar-refractivity contribution in [1.29, 1.82) is 0 Å². The summed E-state index contributed by atoms with van der Waals surface area (Å²) in [6, 6.07) is 5.07. The first kappa shape index (κ1) is 26.1. The lowest BCUT2D eigenvalue weighted by molar-refractivity contribution is -0.0980. The quantitative estimate of drug-likeness (QED) is 0.584. The minimum Gasteiger partial charge on any atom is -0.484 e. The third-order valence-corrected chi connectivity index (χ3v) is 6.68. The number of hydrogen-bond acceptors (Lipinski definition) is 5. The molecule has 5 rings (SSSR count). The van der Waals surface area contributed by atoms with E-state index in [0.29, 0.717) is 35.7 Å². The van der Waals surface area contributed by atoms with Crippen LogP contribution in [0.3, 0.4) is 0 Å². The number of nitrogens with zero attached hydrogens (tertiary/aromatic N) is 2. The molecule has 6 nitrogen and oxygen atoms in total. The molecule has 1 aromatic heterocycles. The largest absolute Gasteiger partial charge is 0.484 e. The normalized spacial score (nSPS) is 17.7. The maximum Gasteiger partial charge on any atom is 0.256 e. The highest BCUT2D eigenvalue weighted by Gasteiger charge is 2.32. The second kappa shape index (κ2) is 11.8. The molecule has 2 saturated carbocycles. The van der Waals surface area contributed by atoms with E-state index in [1.807, 2.05) is 13.7 Å². The van der Waals surface area contributed by atoms with Crippen molar-refractivity contribution in [2.45, 2.75) is 63.4 Å². The van der Waals surface area contributed by atoms with Crippen LogP contribution < -0.4 is 4.74 Å². The first-order valence-electron chi connectivity index (χ1n) is 11.7. The molecule has 1 atom stereocenters. The highest BCUT2D eigenvalue weighted by molar-refractivity contribution is 6.31. The Labute approximate surface area is 205 Å². The van der Waals surface area contributed by atoms with E-state index < -0.39 is 5.82 Å². The number of carbonyl (C=O) groups excluding carboxylic acids is 2. The predicted octanol–water partition coefficient (Wildman–Crippen LogP) is 5.43. The molecule has 1 saturated heterocycles. The molecule has 0 radical (unpaired) electrons. The summed E-state index contributed by atoms with van der Waals surface area (Å²) in [6.07, 6.45) is 7.71. The third-order valence-electron chi connectivity index (χ3n) is 6.37. The van der Waals surface area contributed by atoms with Crippen molar-refractivity contribution in [2.24, 2.45) is 0 Å². The number of aliphatic hydroxyl groups is 1. The lowest BCUT2D eigenvalue weighted by Gasteiger charge is -2.21. The second-order valence-electron chi connectivity index (χ2n) is 8.81. The topological polar surface area (TPSA) is 79.7 Å². The zero-order valence-electron chi connectivity index (χ0n) is 19.7. The van der Waals surface area contributed by atoms with Crippen LogP contribution in [-0.4, -0.2) is 47.9 Å². The number of hydrogen-bond donors (Lipinski definition) is 1. The van der Waals surface area contributed by atoms with Gasteiger partial charge in [-0.15, -0.1) is 0 Å². The van der Waals surface area contributed by atoms with Crippen LogP contribution >= 0.6 is 11.6 Å². The van der Waals surface area contributed by atoms with Crippen LogP contribution in [-0.2, 0) is 4.79 Å². The van der Waals surface area contributed by atoms with Crippen molar-refractivity contribution in [2.75, 3.05) is 20.2 Å². The number of aromatic nitrogens is 1. The van der Waals surface area contributed by atoms with Gasteiger partial charge in [-0.1, -0.05) is 11.6 Å². The summed E-state index contributed by atoms with van der Waals surface area (Å²) in [7, 11) is 1.00. The number of likely N-dealkylation sites (tertiary alicyclic amines) is 1. The Hall–Kier alpha value is -2.51. The molecule has 2 aliphatic carbocycles. The summed E-state index contributed by atoms with van der Waals surface area (Å²) in [6.45, 7) is 5.33. The van der Waals surface area contributed by atoms with E-state index in [0.717, 1.165) is 62.5 Å².